The molecular weight excluding hydrogens is 585 g/mol. The number of aromatic nitrogens is 4. The second-order valence-corrected chi connectivity index (χ2v) is 12.2. The summed E-state index contributed by atoms with van der Waals surface area (Å²) in [6.45, 7) is 0. The van der Waals surface area contributed by atoms with E-state index in [-0.39, 0.29) is 0 Å². The predicted octanol–water partition coefficient (Wildman–Crippen LogP) is 11.2. The van der Waals surface area contributed by atoms with Crippen LogP contribution < -0.4 is 0 Å². The molecule has 0 aliphatic carbocycles. The first-order valence-electron chi connectivity index (χ1n) is 16.1. The van der Waals surface area contributed by atoms with Gasteiger partial charge < -0.3 is 0 Å². The Bertz CT molecular complexity index is 2840. The van der Waals surface area contributed by atoms with Gasteiger partial charge in [-0.15, -0.1) is 0 Å². The zero-order valence-electron chi connectivity index (χ0n) is 25.8. The van der Waals surface area contributed by atoms with Gasteiger partial charge in [0.1, 0.15) is 0 Å². The Morgan fingerprint density at radius 2 is 0.979 bits per heavy atom. The Balaban J connectivity index is 1.32. The molecule has 0 bridgehead atoms. The Morgan fingerprint density at radius 1 is 0.333 bits per heavy atom. The molecule has 48 heavy (non-hydrogen) atoms. The van der Waals surface area contributed by atoms with Gasteiger partial charge in [0.25, 0.3) is 0 Å². The van der Waals surface area contributed by atoms with E-state index in [0.717, 1.165) is 60.6 Å². The van der Waals surface area contributed by atoms with Crippen LogP contribution in [0.5, 0.6) is 0 Å². The third kappa shape index (κ3) is 4.03. The summed E-state index contributed by atoms with van der Waals surface area (Å²) in [6.07, 6.45) is 3.67. The van der Waals surface area contributed by atoms with Gasteiger partial charge in [-0.1, -0.05) is 109 Å². The predicted molar refractivity (Wildman–Crippen MR) is 199 cm³/mol. The highest BCUT2D eigenvalue weighted by Gasteiger charge is 2.21. The van der Waals surface area contributed by atoms with Crippen molar-refractivity contribution in [1.82, 2.24) is 19.9 Å². The SMILES string of the molecule is c1ccc(-c2ccc3ccc(-c4c5ccccc5c(-c5c6ccccc6nc6c5ccc5cccnc56)c5ccccc45)cc3n2)nc1. The molecular formula is C44H26N4. The van der Waals surface area contributed by atoms with Crippen molar-refractivity contribution in [3.05, 3.63) is 158 Å². The Hall–Kier alpha value is -6.52. The molecule has 0 fully saturated rings. The number of hydrogen-bond donors (Lipinski definition) is 0. The fraction of sp³-hybridized carbons (Fsp3) is 0. The van der Waals surface area contributed by atoms with E-state index in [0.29, 0.717) is 0 Å². The highest BCUT2D eigenvalue weighted by atomic mass is 14.8. The molecule has 0 amide bonds. The smallest absolute Gasteiger partial charge is 0.0978 e. The van der Waals surface area contributed by atoms with Gasteiger partial charge in [0, 0.05) is 39.5 Å². The Labute approximate surface area is 276 Å². The van der Waals surface area contributed by atoms with Crippen molar-refractivity contribution in [3.8, 4) is 33.6 Å². The molecule has 0 N–H and O–H groups in total. The molecule has 0 unspecified atom stereocenters. The number of benzene rings is 6. The second kappa shape index (κ2) is 10.5. The molecule has 4 heterocycles. The number of hydrogen-bond acceptors (Lipinski definition) is 4. The summed E-state index contributed by atoms with van der Waals surface area (Å²) in [4.78, 5) is 19.6. The minimum absolute atomic E-state index is 0.865. The molecule has 0 atom stereocenters. The largest absolute Gasteiger partial charge is 0.255 e. The average molecular weight is 611 g/mol. The fourth-order valence-electron chi connectivity index (χ4n) is 7.40. The van der Waals surface area contributed by atoms with E-state index in [1.807, 2.05) is 42.7 Å². The molecule has 0 aliphatic heterocycles. The average Bonchev–Trinajstić information content (AvgIpc) is 3.16. The quantitative estimate of drug-likeness (QED) is 0.147. The second-order valence-electron chi connectivity index (χ2n) is 12.2. The van der Waals surface area contributed by atoms with Crippen LogP contribution in [0.15, 0.2) is 158 Å². The molecule has 4 aromatic heterocycles. The minimum Gasteiger partial charge on any atom is -0.255 e. The van der Waals surface area contributed by atoms with Crippen LogP contribution in [0.2, 0.25) is 0 Å². The number of pyridine rings is 4. The monoisotopic (exact) mass is 610 g/mol. The van der Waals surface area contributed by atoms with Gasteiger partial charge in [-0.2, -0.15) is 0 Å². The van der Waals surface area contributed by atoms with Gasteiger partial charge in [-0.3, -0.25) is 9.97 Å². The van der Waals surface area contributed by atoms with E-state index in [9.17, 15) is 0 Å². The first-order valence-corrected chi connectivity index (χ1v) is 16.1. The molecule has 10 rings (SSSR count). The summed E-state index contributed by atoms with van der Waals surface area (Å²) in [7, 11) is 0. The lowest BCUT2D eigenvalue weighted by Crippen LogP contribution is -1.95. The molecule has 0 aliphatic rings. The zero-order chi connectivity index (χ0) is 31.6. The van der Waals surface area contributed by atoms with Gasteiger partial charge in [-0.05, 0) is 74.6 Å². The molecule has 222 valence electrons. The van der Waals surface area contributed by atoms with Gasteiger partial charge >= 0.3 is 0 Å². The van der Waals surface area contributed by atoms with Crippen molar-refractivity contribution in [2.75, 3.05) is 0 Å². The molecule has 0 saturated carbocycles. The van der Waals surface area contributed by atoms with Crippen LogP contribution in [0.3, 0.4) is 0 Å². The minimum atomic E-state index is 0.865. The van der Waals surface area contributed by atoms with Crippen LogP contribution in [0.25, 0.3) is 98.8 Å². The topological polar surface area (TPSA) is 51.6 Å². The van der Waals surface area contributed by atoms with E-state index in [2.05, 4.69) is 120 Å². The maximum atomic E-state index is 5.20. The Morgan fingerprint density at radius 3 is 1.75 bits per heavy atom. The van der Waals surface area contributed by atoms with Gasteiger partial charge in [0.05, 0.1) is 33.5 Å². The Kier molecular flexibility index (Phi) is 5.84. The van der Waals surface area contributed by atoms with Crippen molar-refractivity contribution < 1.29 is 0 Å². The molecule has 0 saturated heterocycles. The summed E-state index contributed by atoms with van der Waals surface area (Å²) < 4.78 is 0. The van der Waals surface area contributed by atoms with E-state index >= 15 is 0 Å². The van der Waals surface area contributed by atoms with Crippen molar-refractivity contribution in [3.63, 3.8) is 0 Å². The van der Waals surface area contributed by atoms with Gasteiger partial charge in [-0.25, -0.2) is 9.97 Å². The summed E-state index contributed by atoms with van der Waals surface area (Å²) in [5, 5.41) is 9.18. The summed E-state index contributed by atoms with van der Waals surface area (Å²) in [5.74, 6) is 0. The van der Waals surface area contributed by atoms with Crippen LogP contribution >= 0.6 is 0 Å². The lowest BCUT2D eigenvalue weighted by Gasteiger charge is -2.20. The van der Waals surface area contributed by atoms with Gasteiger partial charge in [0.2, 0.25) is 0 Å². The maximum absolute atomic E-state index is 5.20. The standard InChI is InChI=1S/C44H26N4/c1-3-13-32-30(11-1)40(29-19-18-27-21-23-38(47-39(27)26-29)37-17-7-8-24-45-37)31-12-2-4-14-33(31)41(32)42-34-15-5-6-16-36(34)48-44-35(42)22-20-28-10-9-25-46-43(28)44/h1-26H. The van der Waals surface area contributed by atoms with E-state index in [1.165, 1.54) is 38.2 Å². The molecule has 4 nitrogen and oxygen atoms in total. The third-order valence-corrected chi connectivity index (χ3v) is 9.51. The zero-order valence-corrected chi connectivity index (χ0v) is 25.8. The van der Waals surface area contributed by atoms with Crippen LogP contribution in [-0.2, 0) is 0 Å². The van der Waals surface area contributed by atoms with E-state index in [1.54, 1.807) is 0 Å². The van der Waals surface area contributed by atoms with Crippen LogP contribution in [-0.4, -0.2) is 19.9 Å². The molecule has 6 aromatic carbocycles. The highest BCUT2D eigenvalue weighted by molar-refractivity contribution is 6.28. The first kappa shape index (κ1) is 26.7. The number of nitrogens with zero attached hydrogens (tertiary/aromatic N) is 4. The first-order chi connectivity index (χ1) is 23.8. The normalized spacial score (nSPS) is 11.8. The van der Waals surface area contributed by atoms with Gasteiger partial charge in [0.15, 0.2) is 0 Å². The number of para-hydroxylation sites is 1. The summed E-state index contributed by atoms with van der Waals surface area (Å²) in [5.41, 5.74) is 10.2. The van der Waals surface area contributed by atoms with Crippen molar-refractivity contribution in [2.45, 2.75) is 0 Å². The van der Waals surface area contributed by atoms with Crippen LogP contribution in [0.4, 0.5) is 0 Å². The lowest BCUT2D eigenvalue weighted by molar-refractivity contribution is 1.28. The molecule has 0 spiro atoms. The third-order valence-electron chi connectivity index (χ3n) is 9.51. The highest BCUT2D eigenvalue weighted by Crippen LogP contribution is 2.47. The van der Waals surface area contributed by atoms with Crippen molar-refractivity contribution in [2.24, 2.45) is 0 Å². The van der Waals surface area contributed by atoms with E-state index in [4.69, 9.17) is 15.0 Å². The molecule has 4 heteroatoms. The summed E-state index contributed by atoms with van der Waals surface area (Å²) in [6, 6.07) is 51.3. The maximum Gasteiger partial charge on any atom is 0.0978 e. The van der Waals surface area contributed by atoms with Crippen molar-refractivity contribution in [1.29, 1.82) is 0 Å². The number of fused-ring (bicyclic) bond motifs is 7. The van der Waals surface area contributed by atoms with Crippen LogP contribution in [0, 0.1) is 0 Å². The van der Waals surface area contributed by atoms with Crippen LogP contribution in [0.1, 0.15) is 0 Å². The number of rotatable bonds is 3. The molecule has 0 radical (unpaired) electrons. The lowest BCUT2D eigenvalue weighted by atomic mass is 9.83. The van der Waals surface area contributed by atoms with E-state index < -0.39 is 0 Å². The molecule has 10 aromatic rings. The fourth-order valence-corrected chi connectivity index (χ4v) is 7.40. The van der Waals surface area contributed by atoms with Crippen molar-refractivity contribution >= 4 is 65.2 Å². The summed E-state index contributed by atoms with van der Waals surface area (Å²) >= 11 is 0.